The molecule has 1 aliphatic carbocycles. The Morgan fingerprint density at radius 1 is 1.27 bits per heavy atom. The molecule has 112 valence electrons. The molecule has 1 atom stereocenters. The molecule has 5 heteroatoms. The molecule has 1 aromatic carbocycles. The summed E-state index contributed by atoms with van der Waals surface area (Å²) in [5.41, 5.74) is 4.37. The Balaban J connectivity index is 1.72. The first-order valence-electron chi connectivity index (χ1n) is 7.40. The lowest BCUT2D eigenvalue weighted by atomic mass is 10.0. The molecular formula is C17H16N2O3. The molecule has 4 rings (SSSR count). The van der Waals surface area contributed by atoms with Gasteiger partial charge in [0.15, 0.2) is 0 Å². The quantitative estimate of drug-likeness (QED) is 0.926. The van der Waals surface area contributed by atoms with Crippen LogP contribution >= 0.6 is 0 Å². The highest BCUT2D eigenvalue weighted by molar-refractivity contribution is 5.88. The van der Waals surface area contributed by atoms with Crippen LogP contribution in [-0.2, 0) is 13.0 Å². The van der Waals surface area contributed by atoms with Crippen LogP contribution in [0.5, 0.6) is 0 Å². The van der Waals surface area contributed by atoms with E-state index in [1.807, 2.05) is 30.0 Å². The van der Waals surface area contributed by atoms with Gasteiger partial charge in [-0.05, 0) is 55.2 Å². The number of carbonyl (C=O) groups is 2. The molecule has 2 aliphatic rings. The van der Waals surface area contributed by atoms with Gasteiger partial charge in [0.1, 0.15) is 0 Å². The van der Waals surface area contributed by atoms with Gasteiger partial charge in [-0.2, -0.15) is 0 Å². The Labute approximate surface area is 127 Å². The van der Waals surface area contributed by atoms with Crippen LogP contribution in [0.4, 0.5) is 4.79 Å². The summed E-state index contributed by atoms with van der Waals surface area (Å²) in [5, 5.41) is 9.18. The fourth-order valence-electron chi connectivity index (χ4n) is 3.64. The Morgan fingerprint density at radius 3 is 2.82 bits per heavy atom. The van der Waals surface area contributed by atoms with Gasteiger partial charge in [-0.3, -0.25) is 4.57 Å². The molecule has 1 aromatic heterocycles. The van der Waals surface area contributed by atoms with E-state index in [2.05, 4.69) is 0 Å². The number of amides is 1. The van der Waals surface area contributed by atoms with Gasteiger partial charge in [0, 0.05) is 11.4 Å². The van der Waals surface area contributed by atoms with E-state index in [4.69, 9.17) is 0 Å². The number of hydrogen-bond donors (Lipinski definition) is 1. The minimum atomic E-state index is -0.927. The molecule has 0 radical (unpaired) electrons. The smallest absolute Gasteiger partial charge is 0.335 e. The number of aryl methyl sites for hydroxylation is 2. The van der Waals surface area contributed by atoms with Gasteiger partial charge >= 0.3 is 12.0 Å². The van der Waals surface area contributed by atoms with Crippen molar-refractivity contribution in [3.05, 3.63) is 58.4 Å². The number of benzene rings is 1. The SMILES string of the molecule is Cc1ccc2n1C(=O)N(C1CCc3ccc(C(=O)O)cc31)C2. The van der Waals surface area contributed by atoms with Gasteiger partial charge in [0.25, 0.3) is 0 Å². The molecule has 2 heterocycles. The fraction of sp³-hybridized carbons (Fsp3) is 0.294. The second kappa shape index (κ2) is 4.47. The van der Waals surface area contributed by atoms with Crippen molar-refractivity contribution >= 4 is 12.0 Å². The topological polar surface area (TPSA) is 62.5 Å². The minimum Gasteiger partial charge on any atom is -0.478 e. The number of nitrogens with zero attached hydrogens (tertiary/aromatic N) is 2. The molecule has 0 saturated heterocycles. The van der Waals surface area contributed by atoms with Gasteiger partial charge in [0.2, 0.25) is 0 Å². The summed E-state index contributed by atoms with van der Waals surface area (Å²) in [7, 11) is 0. The van der Waals surface area contributed by atoms with E-state index in [9.17, 15) is 14.7 Å². The second-order valence-corrected chi connectivity index (χ2v) is 5.99. The van der Waals surface area contributed by atoms with Gasteiger partial charge in [-0.15, -0.1) is 0 Å². The Morgan fingerprint density at radius 2 is 2.09 bits per heavy atom. The number of carboxylic acids is 1. The summed E-state index contributed by atoms with van der Waals surface area (Å²) in [5.74, 6) is -0.927. The molecule has 2 aromatic rings. The van der Waals surface area contributed by atoms with Crippen molar-refractivity contribution in [2.75, 3.05) is 0 Å². The maximum absolute atomic E-state index is 12.7. The monoisotopic (exact) mass is 296 g/mol. The van der Waals surface area contributed by atoms with Crippen LogP contribution < -0.4 is 0 Å². The number of hydrogen-bond acceptors (Lipinski definition) is 2. The predicted molar refractivity (Wildman–Crippen MR) is 80.0 cm³/mol. The van der Waals surface area contributed by atoms with E-state index in [1.54, 1.807) is 16.7 Å². The lowest BCUT2D eigenvalue weighted by molar-refractivity contribution is 0.0696. The predicted octanol–water partition coefficient (Wildman–Crippen LogP) is 2.97. The van der Waals surface area contributed by atoms with Crippen molar-refractivity contribution in [2.24, 2.45) is 0 Å². The summed E-state index contributed by atoms with van der Waals surface area (Å²) in [6, 6.07) is 9.15. The van der Waals surface area contributed by atoms with Gasteiger partial charge in [0.05, 0.1) is 18.2 Å². The van der Waals surface area contributed by atoms with E-state index in [-0.39, 0.29) is 17.6 Å². The van der Waals surface area contributed by atoms with E-state index in [0.717, 1.165) is 35.4 Å². The largest absolute Gasteiger partial charge is 0.478 e. The molecule has 0 fully saturated rings. The summed E-state index contributed by atoms with van der Waals surface area (Å²) < 4.78 is 1.75. The standard InChI is InChI=1S/C17H16N2O3/c1-10-2-6-13-9-18(17(22)19(10)13)15-7-5-11-3-4-12(16(20)21)8-14(11)15/h2-4,6,8,15H,5,7,9H2,1H3,(H,20,21). The number of aromatic carboxylic acids is 1. The fourth-order valence-corrected chi connectivity index (χ4v) is 3.64. The number of fused-ring (bicyclic) bond motifs is 2. The number of carbonyl (C=O) groups excluding carboxylic acids is 1. The van der Waals surface area contributed by atoms with Crippen LogP contribution in [0, 0.1) is 6.92 Å². The molecule has 1 unspecified atom stereocenters. The van der Waals surface area contributed by atoms with Crippen molar-refractivity contribution in [1.82, 2.24) is 9.47 Å². The van der Waals surface area contributed by atoms with Gasteiger partial charge in [-0.25, -0.2) is 9.59 Å². The van der Waals surface area contributed by atoms with Crippen LogP contribution in [0.1, 0.15) is 45.3 Å². The van der Waals surface area contributed by atoms with Crippen molar-refractivity contribution in [3.63, 3.8) is 0 Å². The summed E-state index contributed by atoms with van der Waals surface area (Å²) in [4.78, 5) is 25.7. The zero-order valence-electron chi connectivity index (χ0n) is 12.2. The molecule has 1 N–H and O–H groups in total. The van der Waals surface area contributed by atoms with Crippen molar-refractivity contribution in [2.45, 2.75) is 32.4 Å². The average molecular weight is 296 g/mol. The highest BCUT2D eigenvalue weighted by atomic mass is 16.4. The second-order valence-electron chi connectivity index (χ2n) is 5.99. The third-order valence-corrected chi connectivity index (χ3v) is 4.74. The Kier molecular flexibility index (Phi) is 2.66. The van der Waals surface area contributed by atoms with Crippen LogP contribution in [0.25, 0.3) is 0 Å². The van der Waals surface area contributed by atoms with Crippen LogP contribution in [-0.4, -0.2) is 26.6 Å². The Hall–Kier alpha value is -2.56. The average Bonchev–Trinajstić information content (AvgIpc) is 3.14. The van der Waals surface area contributed by atoms with Gasteiger partial charge < -0.3 is 10.0 Å². The number of carboxylic acid groups (broad SMARTS) is 1. The third-order valence-electron chi connectivity index (χ3n) is 4.74. The lowest BCUT2D eigenvalue weighted by Crippen LogP contribution is -2.30. The van der Waals surface area contributed by atoms with E-state index in [1.165, 1.54) is 0 Å². The van der Waals surface area contributed by atoms with Crippen molar-refractivity contribution < 1.29 is 14.7 Å². The maximum Gasteiger partial charge on any atom is 0.335 e. The van der Waals surface area contributed by atoms with E-state index in [0.29, 0.717) is 6.54 Å². The first-order chi connectivity index (χ1) is 10.6. The van der Waals surface area contributed by atoms with Crippen LogP contribution in [0.3, 0.4) is 0 Å². The highest BCUT2D eigenvalue weighted by Gasteiger charge is 2.37. The first kappa shape index (κ1) is 13.1. The van der Waals surface area contributed by atoms with E-state index >= 15 is 0 Å². The lowest BCUT2D eigenvalue weighted by Gasteiger charge is -2.24. The summed E-state index contributed by atoms with van der Waals surface area (Å²) >= 11 is 0. The molecule has 1 amide bonds. The molecule has 5 nitrogen and oxygen atoms in total. The Bertz CT molecular complexity index is 806. The zero-order chi connectivity index (χ0) is 15.4. The molecule has 0 saturated carbocycles. The highest BCUT2D eigenvalue weighted by Crippen LogP contribution is 2.39. The van der Waals surface area contributed by atoms with Crippen molar-refractivity contribution in [3.8, 4) is 0 Å². The van der Waals surface area contributed by atoms with E-state index < -0.39 is 5.97 Å². The first-order valence-corrected chi connectivity index (χ1v) is 7.40. The van der Waals surface area contributed by atoms with Crippen molar-refractivity contribution in [1.29, 1.82) is 0 Å². The molecule has 0 spiro atoms. The van der Waals surface area contributed by atoms with Gasteiger partial charge in [-0.1, -0.05) is 6.07 Å². The molecule has 22 heavy (non-hydrogen) atoms. The maximum atomic E-state index is 12.7. The minimum absolute atomic E-state index is 0.00363. The van der Waals surface area contributed by atoms with Crippen LogP contribution in [0.2, 0.25) is 0 Å². The number of aromatic nitrogens is 1. The third kappa shape index (κ3) is 1.71. The summed E-state index contributed by atoms with van der Waals surface area (Å²) in [6.07, 6.45) is 1.74. The van der Waals surface area contributed by atoms with Crippen LogP contribution in [0.15, 0.2) is 30.3 Å². The molecule has 0 bridgehead atoms. The zero-order valence-corrected chi connectivity index (χ0v) is 12.2. The summed E-state index contributed by atoms with van der Waals surface area (Å²) in [6.45, 7) is 2.52. The number of rotatable bonds is 2. The normalized spacial score (nSPS) is 19.4. The molecular weight excluding hydrogens is 280 g/mol. The molecule has 1 aliphatic heterocycles.